The number of hydrogen-bond donors (Lipinski definition) is 2. The van der Waals surface area contributed by atoms with E-state index in [0.717, 1.165) is 16.5 Å². The quantitative estimate of drug-likeness (QED) is 0.246. The minimum atomic E-state index is -1.06. The predicted molar refractivity (Wildman–Crippen MR) is 133 cm³/mol. The van der Waals surface area contributed by atoms with E-state index in [4.69, 9.17) is 0 Å². The lowest BCUT2D eigenvalue weighted by Crippen LogP contribution is -2.83. The molecule has 1 spiro atoms. The summed E-state index contributed by atoms with van der Waals surface area (Å²) in [7, 11) is 0. The number of fused-ring (bicyclic) bond motifs is 3. The molecule has 3 aliphatic heterocycles. The third-order valence-electron chi connectivity index (χ3n) is 8.17. The van der Waals surface area contributed by atoms with E-state index in [0.29, 0.717) is 41.9 Å². The van der Waals surface area contributed by atoms with Crippen LogP contribution < -0.4 is 9.13 Å². The number of benzene rings is 2. The van der Waals surface area contributed by atoms with E-state index in [1.54, 1.807) is 17.0 Å². The normalized spacial score (nSPS) is 21.8. The molecule has 10 nitrogen and oxygen atoms in total. The van der Waals surface area contributed by atoms with Crippen molar-refractivity contribution in [1.29, 1.82) is 0 Å². The molecule has 2 atom stereocenters. The van der Waals surface area contributed by atoms with Crippen LogP contribution in [0.5, 0.6) is 0 Å². The summed E-state index contributed by atoms with van der Waals surface area (Å²) in [5.74, 6) is -1.28. The van der Waals surface area contributed by atoms with Crippen molar-refractivity contribution in [2.24, 2.45) is 0 Å². The second-order valence-corrected chi connectivity index (χ2v) is 9.97. The molecule has 2 aromatic carbocycles. The molecule has 0 radical (unpaired) electrons. The van der Waals surface area contributed by atoms with Crippen LogP contribution in [0.1, 0.15) is 45.3 Å². The van der Waals surface area contributed by atoms with Crippen LogP contribution in [0.3, 0.4) is 0 Å². The Morgan fingerprint density at radius 2 is 1.74 bits per heavy atom. The van der Waals surface area contributed by atoms with Crippen LogP contribution in [-0.4, -0.2) is 37.4 Å². The smallest absolute Gasteiger partial charge is 0.392 e. The zero-order valence-corrected chi connectivity index (χ0v) is 20.4. The topological polar surface area (TPSA) is 115 Å². The van der Waals surface area contributed by atoms with E-state index in [-0.39, 0.29) is 18.2 Å². The Labute approximate surface area is 217 Å². The summed E-state index contributed by atoms with van der Waals surface area (Å²) in [6, 6.07) is 18.0. The molecule has 38 heavy (non-hydrogen) atoms. The number of carbonyl (C=O) groups excluding carboxylic acids is 1. The fourth-order valence-electron chi connectivity index (χ4n) is 6.57. The zero-order chi connectivity index (χ0) is 26.2. The van der Waals surface area contributed by atoms with E-state index in [2.05, 4.69) is 27.8 Å². The molecule has 0 aliphatic carbocycles. The second-order valence-electron chi connectivity index (χ2n) is 9.97. The fourth-order valence-corrected chi connectivity index (χ4v) is 6.57. The Morgan fingerprint density at radius 1 is 1.00 bits per heavy atom. The van der Waals surface area contributed by atoms with Crippen LogP contribution in [0.4, 0.5) is 5.69 Å². The molecule has 1 amide bonds. The Hall–Kier alpha value is -4.25. The summed E-state index contributed by atoms with van der Waals surface area (Å²) in [5, 5.41) is 34.1. The van der Waals surface area contributed by atoms with Gasteiger partial charge in [0.2, 0.25) is 5.69 Å². The van der Waals surface area contributed by atoms with Gasteiger partial charge in [0.25, 0.3) is 11.4 Å². The fraction of sp³-hybridized carbons (Fsp3) is 0.250. The van der Waals surface area contributed by atoms with Crippen LogP contribution in [0, 0.1) is 10.1 Å². The molecule has 10 heteroatoms. The molecule has 5 heterocycles. The first kappa shape index (κ1) is 22.9. The molecule has 0 saturated carbocycles. The van der Waals surface area contributed by atoms with Gasteiger partial charge in [-0.05, 0) is 41.1 Å². The number of pyridine rings is 2. The summed E-state index contributed by atoms with van der Waals surface area (Å²) < 4.78 is 4.09. The predicted octanol–water partition coefficient (Wildman–Crippen LogP) is 1.84. The average Bonchev–Trinajstić information content (AvgIpc) is 3.41. The Morgan fingerprint density at radius 3 is 2.50 bits per heavy atom. The van der Waals surface area contributed by atoms with E-state index < -0.39 is 23.5 Å². The van der Waals surface area contributed by atoms with E-state index in [1.807, 2.05) is 41.1 Å². The summed E-state index contributed by atoms with van der Waals surface area (Å²) in [4.78, 5) is 30.0. The zero-order valence-electron chi connectivity index (χ0n) is 20.4. The third-order valence-corrected chi connectivity index (χ3v) is 8.17. The highest BCUT2D eigenvalue weighted by atomic mass is 16.6. The molecule has 1 fully saturated rings. The van der Waals surface area contributed by atoms with E-state index in [1.165, 1.54) is 6.07 Å². The molecule has 2 aromatic heterocycles. The SMILES string of the molecule is O=C1c2cccc[n+]2C23N(CCC(c4cc(CO)c(CO)cc4[N+](=O)[O-])N12)Cc1cc2ccccc2c[n+]13. The second kappa shape index (κ2) is 8.12. The lowest BCUT2D eigenvalue weighted by atomic mass is 9.93. The minimum Gasteiger partial charge on any atom is -0.392 e. The van der Waals surface area contributed by atoms with Crippen molar-refractivity contribution in [3.8, 4) is 0 Å². The highest BCUT2D eigenvalue weighted by Crippen LogP contribution is 2.46. The van der Waals surface area contributed by atoms with Crippen LogP contribution in [0.2, 0.25) is 0 Å². The van der Waals surface area contributed by atoms with Gasteiger partial charge in [-0.1, -0.05) is 22.8 Å². The highest BCUT2D eigenvalue weighted by Gasteiger charge is 2.76. The summed E-state index contributed by atoms with van der Waals surface area (Å²) in [6.45, 7) is 0.383. The van der Waals surface area contributed by atoms with Crippen molar-refractivity contribution < 1.29 is 29.1 Å². The largest absolute Gasteiger partial charge is 0.525 e. The number of hydrogen-bond acceptors (Lipinski definition) is 6. The Bertz CT molecular complexity index is 1670. The molecule has 0 bridgehead atoms. The number of nitro groups is 1. The third kappa shape index (κ3) is 2.84. The highest BCUT2D eigenvalue weighted by molar-refractivity contribution is 5.93. The molecule has 2 unspecified atom stereocenters. The van der Waals surface area contributed by atoms with Crippen molar-refractivity contribution in [2.45, 2.75) is 38.1 Å². The maximum absolute atomic E-state index is 14.2. The van der Waals surface area contributed by atoms with Gasteiger partial charge in [0.1, 0.15) is 0 Å². The van der Waals surface area contributed by atoms with Gasteiger partial charge in [0.15, 0.2) is 12.4 Å². The van der Waals surface area contributed by atoms with Gasteiger partial charge in [0, 0.05) is 36.2 Å². The molecular formula is C28H25N5O5+2. The number of nitro benzene ring substituents is 1. The number of aliphatic hydroxyl groups is 2. The number of aliphatic hydroxyl groups excluding tert-OH is 2. The molecule has 7 rings (SSSR count). The van der Waals surface area contributed by atoms with Crippen LogP contribution in [0.25, 0.3) is 10.8 Å². The van der Waals surface area contributed by atoms with Crippen molar-refractivity contribution in [3.05, 3.63) is 111 Å². The first-order valence-electron chi connectivity index (χ1n) is 12.5. The number of nitrogens with zero attached hydrogens (tertiary/aromatic N) is 5. The molecule has 3 aliphatic rings. The number of amides is 1. The van der Waals surface area contributed by atoms with Gasteiger partial charge >= 0.3 is 11.8 Å². The summed E-state index contributed by atoms with van der Waals surface area (Å²) in [5.41, 5.74) is 2.42. The van der Waals surface area contributed by atoms with Crippen LogP contribution >= 0.6 is 0 Å². The van der Waals surface area contributed by atoms with Crippen molar-refractivity contribution in [2.75, 3.05) is 6.54 Å². The Kier molecular flexibility index (Phi) is 4.90. The summed E-state index contributed by atoms with van der Waals surface area (Å²) in [6.07, 6.45) is 4.42. The van der Waals surface area contributed by atoms with E-state index in [9.17, 15) is 25.1 Å². The molecule has 4 aromatic rings. The molecule has 2 N–H and O–H groups in total. The van der Waals surface area contributed by atoms with Gasteiger partial charge < -0.3 is 10.2 Å². The summed E-state index contributed by atoms with van der Waals surface area (Å²) >= 11 is 0. The van der Waals surface area contributed by atoms with Crippen molar-refractivity contribution in [1.82, 2.24) is 9.80 Å². The standard InChI is InChI=1S/C28H25N5O5/c34-16-20-12-23(26(33(37)38)13-21(20)17-35)24-8-10-29-15-22-11-18-5-1-2-6-19(18)14-31(22)28(29)30-9-4-3-7-25(30)27(36)32(24)28/h1-7,9,11-14,24,34-35H,8,10,15-17H2/q+2. The number of rotatable bonds is 4. The molecule has 190 valence electrons. The monoisotopic (exact) mass is 511 g/mol. The van der Waals surface area contributed by atoms with E-state index >= 15 is 0 Å². The first-order chi connectivity index (χ1) is 18.5. The van der Waals surface area contributed by atoms with Crippen LogP contribution in [-0.2, 0) is 25.7 Å². The maximum Gasteiger partial charge on any atom is 0.525 e. The number of aromatic nitrogens is 2. The number of carbonyl (C=O) groups is 1. The van der Waals surface area contributed by atoms with Crippen LogP contribution in [0.15, 0.2) is 73.1 Å². The maximum atomic E-state index is 14.2. The van der Waals surface area contributed by atoms with Gasteiger partial charge in [-0.2, -0.15) is 4.90 Å². The van der Waals surface area contributed by atoms with Gasteiger partial charge in [-0.3, -0.25) is 14.9 Å². The Balaban J connectivity index is 1.51. The average molecular weight is 512 g/mol. The molecular weight excluding hydrogens is 486 g/mol. The van der Waals surface area contributed by atoms with Crippen molar-refractivity contribution in [3.63, 3.8) is 0 Å². The minimum absolute atomic E-state index is 0.171. The van der Waals surface area contributed by atoms with Crippen molar-refractivity contribution >= 4 is 22.4 Å². The first-order valence-corrected chi connectivity index (χ1v) is 12.5. The van der Waals surface area contributed by atoms with Gasteiger partial charge in [-0.15, -0.1) is 9.47 Å². The molecule has 1 saturated heterocycles. The van der Waals surface area contributed by atoms with Gasteiger partial charge in [0.05, 0.1) is 36.3 Å². The lowest BCUT2D eigenvalue weighted by Gasteiger charge is -2.40. The van der Waals surface area contributed by atoms with Gasteiger partial charge in [-0.25, -0.2) is 0 Å². The lowest BCUT2D eigenvalue weighted by molar-refractivity contribution is -1.02.